The monoisotopic (exact) mass is 313 g/mol. The summed E-state index contributed by atoms with van der Waals surface area (Å²) in [5.41, 5.74) is 0. The Bertz CT molecular complexity index is 381. The summed E-state index contributed by atoms with van der Waals surface area (Å²) in [4.78, 5) is 36.1. The van der Waals surface area contributed by atoms with Gasteiger partial charge in [-0.05, 0) is 25.7 Å². The van der Waals surface area contributed by atoms with Crippen LogP contribution in [-0.2, 0) is 14.4 Å². The second kappa shape index (κ2) is 10.2. The summed E-state index contributed by atoms with van der Waals surface area (Å²) in [5.74, 6) is -0.571. The highest BCUT2D eigenvalue weighted by Gasteiger charge is 2.26. The third kappa shape index (κ3) is 7.43. The third-order valence-electron chi connectivity index (χ3n) is 3.26. The second-order valence-electron chi connectivity index (χ2n) is 6.21. The van der Waals surface area contributed by atoms with Gasteiger partial charge in [-0.1, -0.05) is 34.6 Å². The van der Waals surface area contributed by atoms with E-state index < -0.39 is 12.1 Å². The number of carbonyl (C=O) groups excluding carboxylic acids is 3. The lowest BCUT2D eigenvalue weighted by atomic mass is 10.0. The van der Waals surface area contributed by atoms with E-state index in [4.69, 9.17) is 0 Å². The van der Waals surface area contributed by atoms with Crippen LogP contribution >= 0.6 is 0 Å². The van der Waals surface area contributed by atoms with Crippen LogP contribution in [0.4, 0.5) is 0 Å². The molecular formula is C16H31N3O3. The predicted octanol–water partition coefficient (Wildman–Crippen LogP) is 1.20. The minimum atomic E-state index is -0.612. The van der Waals surface area contributed by atoms with Crippen molar-refractivity contribution in [2.75, 3.05) is 6.54 Å². The van der Waals surface area contributed by atoms with Crippen molar-refractivity contribution in [2.24, 2.45) is 11.8 Å². The van der Waals surface area contributed by atoms with Crippen molar-refractivity contribution >= 4 is 17.7 Å². The topological polar surface area (TPSA) is 87.3 Å². The van der Waals surface area contributed by atoms with Gasteiger partial charge in [-0.2, -0.15) is 0 Å². The Morgan fingerprint density at radius 3 is 1.77 bits per heavy atom. The van der Waals surface area contributed by atoms with Crippen LogP contribution in [-0.4, -0.2) is 36.3 Å². The summed E-state index contributed by atoms with van der Waals surface area (Å²) >= 11 is 0. The number of amides is 3. The average Bonchev–Trinajstić information content (AvgIpc) is 2.43. The minimum Gasteiger partial charge on any atom is -0.355 e. The van der Waals surface area contributed by atoms with Crippen molar-refractivity contribution in [3.05, 3.63) is 0 Å². The summed E-state index contributed by atoms with van der Waals surface area (Å²) in [6.45, 7) is 11.7. The van der Waals surface area contributed by atoms with Gasteiger partial charge in [0.1, 0.15) is 12.1 Å². The molecule has 22 heavy (non-hydrogen) atoms. The van der Waals surface area contributed by atoms with Crippen LogP contribution in [0, 0.1) is 11.8 Å². The van der Waals surface area contributed by atoms with Gasteiger partial charge in [-0.25, -0.2) is 0 Å². The first-order valence-corrected chi connectivity index (χ1v) is 8.11. The molecule has 0 fully saturated rings. The summed E-state index contributed by atoms with van der Waals surface area (Å²) in [5, 5.41) is 8.21. The Labute approximate surface area is 133 Å². The van der Waals surface area contributed by atoms with Crippen LogP contribution < -0.4 is 16.0 Å². The second-order valence-corrected chi connectivity index (χ2v) is 6.21. The highest BCUT2D eigenvalue weighted by atomic mass is 16.2. The van der Waals surface area contributed by atoms with Crippen LogP contribution in [0.3, 0.4) is 0 Å². The van der Waals surface area contributed by atoms with Crippen molar-refractivity contribution in [2.45, 2.75) is 66.5 Å². The van der Waals surface area contributed by atoms with Crippen molar-refractivity contribution in [3.63, 3.8) is 0 Å². The van der Waals surface area contributed by atoms with E-state index in [2.05, 4.69) is 16.0 Å². The van der Waals surface area contributed by atoms with E-state index in [1.807, 2.05) is 27.7 Å². The fourth-order valence-corrected chi connectivity index (χ4v) is 1.96. The standard InChI is InChI=1S/C16H31N3O3/c1-7-12(18-14(20)11(5)6)16(22)19-13(9-10(3)4)15(21)17-8-2/h10-13H,7-9H2,1-6H3,(H,17,21)(H,18,20)(H,19,22). The number of hydrogen-bond donors (Lipinski definition) is 3. The third-order valence-corrected chi connectivity index (χ3v) is 3.26. The van der Waals surface area contributed by atoms with Crippen LogP contribution in [0.5, 0.6) is 0 Å². The van der Waals surface area contributed by atoms with Crippen LogP contribution in [0.15, 0.2) is 0 Å². The molecule has 0 aliphatic carbocycles. The van der Waals surface area contributed by atoms with E-state index >= 15 is 0 Å². The molecule has 6 nitrogen and oxygen atoms in total. The lowest BCUT2D eigenvalue weighted by Gasteiger charge is -2.24. The number of rotatable bonds is 9. The molecule has 0 radical (unpaired) electrons. The molecular weight excluding hydrogens is 282 g/mol. The van der Waals surface area contributed by atoms with Gasteiger partial charge in [0.05, 0.1) is 0 Å². The van der Waals surface area contributed by atoms with Crippen LogP contribution in [0.1, 0.15) is 54.4 Å². The molecule has 0 spiro atoms. The van der Waals surface area contributed by atoms with Crippen LogP contribution in [0.25, 0.3) is 0 Å². The molecule has 0 aromatic rings. The highest BCUT2D eigenvalue weighted by Crippen LogP contribution is 2.06. The van der Waals surface area contributed by atoms with Crippen LogP contribution in [0.2, 0.25) is 0 Å². The molecule has 2 atom stereocenters. The van der Waals surface area contributed by atoms with Crippen molar-refractivity contribution in [3.8, 4) is 0 Å². The van der Waals surface area contributed by atoms with E-state index in [-0.39, 0.29) is 29.6 Å². The maximum absolute atomic E-state index is 12.3. The molecule has 0 saturated carbocycles. The van der Waals surface area contributed by atoms with Crippen molar-refractivity contribution in [1.82, 2.24) is 16.0 Å². The Hall–Kier alpha value is -1.59. The number of nitrogens with one attached hydrogen (secondary N) is 3. The van der Waals surface area contributed by atoms with E-state index in [0.717, 1.165) is 0 Å². The highest BCUT2D eigenvalue weighted by molar-refractivity contribution is 5.92. The normalized spacial score (nSPS) is 13.6. The molecule has 0 aliphatic rings. The molecule has 0 saturated heterocycles. The maximum Gasteiger partial charge on any atom is 0.243 e. The molecule has 128 valence electrons. The van der Waals surface area contributed by atoms with E-state index in [1.54, 1.807) is 13.8 Å². The molecule has 3 N–H and O–H groups in total. The van der Waals surface area contributed by atoms with Gasteiger partial charge >= 0.3 is 0 Å². The van der Waals surface area contributed by atoms with E-state index in [9.17, 15) is 14.4 Å². The fourth-order valence-electron chi connectivity index (χ4n) is 1.96. The van der Waals surface area contributed by atoms with Gasteiger partial charge in [0.15, 0.2) is 0 Å². The van der Waals surface area contributed by atoms with Gasteiger partial charge in [0.25, 0.3) is 0 Å². The summed E-state index contributed by atoms with van der Waals surface area (Å²) in [7, 11) is 0. The lowest BCUT2D eigenvalue weighted by molar-refractivity contribution is -0.133. The molecule has 0 aromatic carbocycles. The van der Waals surface area contributed by atoms with Gasteiger partial charge in [-0.3, -0.25) is 14.4 Å². The van der Waals surface area contributed by atoms with Crippen molar-refractivity contribution in [1.29, 1.82) is 0 Å². The summed E-state index contributed by atoms with van der Waals surface area (Å²) in [6, 6.07) is -1.18. The number of hydrogen-bond acceptors (Lipinski definition) is 3. The zero-order chi connectivity index (χ0) is 17.3. The van der Waals surface area contributed by atoms with Crippen molar-refractivity contribution < 1.29 is 14.4 Å². The molecule has 0 rings (SSSR count). The Kier molecular flexibility index (Phi) is 9.45. The van der Waals surface area contributed by atoms with Gasteiger partial charge in [0, 0.05) is 12.5 Å². The SMILES string of the molecule is CCNC(=O)C(CC(C)C)NC(=O)C(CC)NC(=O)C(C)C. The smallest absolute Gasteiger partial charge is 0.243 e. The van der Waals surface area contributed by atoms with Gasteiger partial charge in [0.2, 0.25) is 17.7 Å². The van der Waals surface area contributed by atoms with E-state index in [0.29, 0.717) is 19.4 Å². The predicted molar refractivity (Wildman–Crippen MR) is 87.1 cm³/mol. The van der Waals surface area contributed by atoms with Gasteiger partial charge in [-0.15, -0.1) is 0 Å². The molecule has 3 amide bonds. The zero-order valence-corrected chi connectivity index (χ0v) is 14.7. The number of likely N-dealkylation sites (N-methyl/N-ethyl adjacent to an activating group) is 1. The zero-order valence-electron chi connectivity index (χ0n) is 14.7. The minimum absolute atomic E-state index is 0.166. The summed E-state index contributed by atoms with van der Waals surface area (Å²) < 4.78 is 0. The molecule has 0 aromatic heterocycles. The lowest BCUT2D eigenvalue weighted by Crippen LogP contribution is -2.54. The van der Waals surface area contributed by atoms with Gasteiger partial charge < -0.3 is 16.0 Å². The molecule has 2 unspecified atom stereocenters. The van der Waals surface area contributed by atoms with E-state index in [1.165, 1.54) is 0 Å². The molecule has 0 bridgehead atoms. The Balaban J connectivity index is 4.82. The Morgan fingerprint density at radius 2 is 1.36 bits per heavy atom. The first kappa shape index (κ1) is 20.4. The summed E-state index contributed by atoms with van der Waals surface area (Å²) in [6.07, 6.45) is 1.04. The maximum atomic E-state index is 12.3. The quantitative estimate of drug-likeness (QED) is 0.598. The fraction of sp³-hybridized carbons (Fsp3) is 0.812. The largest absolute Gasteiger partial charge is 0.355 e. The number of carbonyl (C=O) groups is 3. The molecule has 0 aliphatic heterocycles. The Morgan fingerprint density at radius 1 is 0.818 bits per heavy atom. The average molecular weight is 313 g/mol. The first-order chi connectivity index (χ1) is 10.2. The first-order valence-electron chi connectivity index (χ1n) is 8.11. The molecule has 6 heteroatoms. The molecule has 0 heterocycles.